The number of aliphatic carboxylic acids is 1. The van der Waals surface area contributed by atoms with Crippen molar-refractivity contribution in [1.29, 1.82) is 0 Å². The van der Waals surface area contributed by atoms with Gasteiger partial charge in [0.05, 0.1) is 5.01 Å². The van der Waals surface area contributed by atoms with Gasteiger partial charge in [0.15, 0.2) is 0 Å². The topological polar surface area (TPSA) is 50.2 Å². The number of rotatable bonds is 3. The van der Waals surface area contributed by atoms with E-state index in [-0.39, 0.29) is 0 Å². The van der Waals surface area contributed by atoms with Gasteiger partial charge in [-0.3, -0.25) is 0 Å². The Morgan fingerprint density at radius 3 is 3.08 bits per heavy atom. The first-order valence-electron chi connectivity index (χ1n) is 3.49. The van der Waals surface area contributed by atoms with Crippen molar-refractivity contribution in [1.82, 2.24) is 4.98 Å². The predicted octanol–water partition coefficient (Wildman–Crippen LogP) is 1.63. The Bertz CT molecular complexity index is 304. The Kier molecular flexibility index (Phi) is 2.99. The summed E-state index contributed by atoms with van der Waals surface area (Å²) in [6.45, 7) is 1.92. The first kappa shape index (κ1) is 8.93. The quantitative estimate of drug-likeness (QED) is 0.725. The van der Waals surface area contributed by atoms with E-state index in [2.05, 4.69) is 4.98 Å². The largest absolute Gasteiger partial charge is 0.478 e. The molecule has 0 amide bonds. The second-order valence-corrected chi connectivity index (χ2v) is 3.27. The van der Waals surface area contributed by atoms with Crippen LogP contribution in [-0.2, 0) is 11.2 Å². The van der Waals surface area contributed by atoms with Crippen LogP contribution in [0.5, 0.6) is 0 Å². The number of carbonyl (C=O) groups is 1. The number of nitrogens with zero attached hydrogens (tertiary/aromatic N) is 1. The Balaban J connectivity index is 2.48. The van der Waals surface area contributed by atoms with Crippen LogP contribution in [0.25, 0.3) is 0 Å². The van der Waals surface area contributed by atoms with Crippen LogP contribution in [-0.4, -0.2) is 16.1 Å². The van der Waals surface area contributed by atoms with E-state index in [1.165, 1.54) is 0 Å². The van der Waals surface area contributed by atoms with Gasteiger partial charge >= 0.3 is 5.97 Å². The fourth-order valence-corrected chi connectivity index (χ4v) is 1.51. The average Bonchev–Trinajstić information content (AvgIpc) is 2.35. The summed E-state index contributed by atoms with van der Waals surface area (Å²) in [5, 5.41) is 11.2. The van der Waals surface area contributed by atoms with Crippen molar-refractivity contribution in [3.63, 3.8) is 0 Å². The van der Waals surface area contributed by atoms with E-state index in [1.54, 1.807) is 17.4 Å². The molecule has 12 heavy (non-hydrogen) atoms. The molecule has 1 aromatic heterocycles. The zero-order chi connectivity index (χ0) is 8.97. The monoisotopic (exact) mass is 183 g/mol. The molecule has 0 saturated heterocycles. The normalized spacial score (nSPS) is 10.8. The molecule has 0 aliphatic carbocycles. The molecule has 64 valence electrons. The predicted molar refractivity (Wildman–Crippen MR) is 47.3 cm³/mol. The molecule has 1 rings (SSSR count). The van der Waals surface area contributed by atoms with E-state index in [0.717, 1.165) is 16.8 Å². The lowest BCUT2D eigenvalue weighted by molar-refractivity contribution is -0.131. The van der Waals surface area contributed by atoms with Gasteiger partial charge in [0.25, 0.3) is 0 Å². The zero-order valence-electron chi connectivity index (χ0n) is 6.65. The summed E-state index contributed by atoms with van der Waals surface area (Å²) in [7, 11) is 0. The zero-order valence-corrected chi connectivity index (χ0v) is 7.47. The fraction of sp³-hybridized carbons (Fsp3) is 0.250. The van der Waals surface area contributed by atoms with Gasteiger partial charge in [0.2, 0.25) is 0 Å². The summed E-state index contributed by atoms with van der Waals surface area (Å²) in [5.41, 5.74) is 0.985. The highest BCUT2D eigenvalue weighted by molar-refractivity contribution is 7.09. The maximum Gasteiger partial charge on any atom is 0.327 e. The van der Waals surface area contributed by atoms with E-state index in [1.807, 2.05) is 12.3 Å². The molecule has 3 nitrogen and oxygen atoms in total. The van der Waals surface area contributed by atoms with Gasteiger partial charge < -0.3 is 5.11 Å². The number of hydrogen-bond donors (Lipinski definition) is 1. The third-order valence-electron chi connectivity index (χ3n) is 1.22. The molecule has 0 unspecified atom stereocenters. The molecule has 1 aromatic rings. The third kappa shape index (κ3) is 2.84. The lowest BCUT2D eigenvalue weighted by Gasteiger charge is -1.84. The number of allylic oxidation sites excluding steroid dienone is 1. The number of aryl methyl sites for hydroxylation is 1. The van der Waals surface area contributed by atoms with Gasteiger partial charge in [-0.25, -0.2) is 9.78 Å². The Labute approximate surface area is 74.4 Å². The molecule has 0 fully saturated rings. The van der Waals surface area contributed by atoms with Crippen LogP contribution >= 0.6 is 11.3 Å². The van der Waals surface area contributed by atoms with E-state index < -0.39 is 5.97 Å². The van der Waals surface area contributed by atoms with Crippen molar-refractivity contribution < 1.29 is 9.90 Å². The first-order chi connectivity index (χ1) is 5.68. The molecule has 4 heteroatoms. The van der Waals surface area contributed by atoms with Crippen LogP contribution in [0.15, 0.2) is 17.5 Å². The number of hydrogen-bond acceptors (Lipinski definition) is 3. The SMILES string of the molecule is Cc1csc(C/C=C/C(=O)O)n1. The molecule has 0 atom stereocenters. The van der Waals surface area contributed by atoms with Gasteiger partial charge in [-0.15, -0.1) is 11.3 Å². The minimum Gasteiger partial charge on any atom is -0.478 e. The van der Waals surface area contributed by atoms with Crippen LogP contribution in [0.2, 0.25) is 0 Å². The molecule has 0 saturated carbocycles. The van der Waals surface area contributed by atoms with E-state index in [4.69, 9.17) is 5.11 Å². The summed E-state index contributed by atoms with van der Waals surface area (Å²) >= 11 is 1.55. The Hall–Kier alpha value is -1.16. The summed E-state index contributed by atoms with van der Waals surface area (Å²) < 4.78 is 0. The van der Waals surface area contributed by atoms with E-state index in [9.17, 15) is 4.79 Å². The van der Waals surface area contributed by atoms with Crippen LogP contribution in [0.4, 0.5) is 0 Å². The van der Waals surface area contributed by atoms with Gasteiger partial charge in [0, 0.05) is 23.6 Å². The number of aromatic nitrogens is 1. The van der Waals surface area contributed by atoms with Crippen LogP contribution in [0.1, 0.15) is 10.7 Å². The van der Waals surface area contributed by atoms with Crippen molar-refractivity contribution in [3.05, 3.63) is 28.2 Å². The van der Waals surface area contributed by atoms with Crippen molar-refractivity contribution >= 4 is 17.3 Å². The van der Waals surface area contributed by atoms with Crippen molar-refractivity contribution in [2.75, 3.05) is 0 Å². The Morgan fingerprint density at radius 1 is 1.83 bits per heavy atom. The van der Waals surface area contributed by atoms with Crippen molar-refractivity contribution in [3.8, 4) is 0 Å². The molecule has 0 spiro atoms. The van der Waals surface area contributed by atoms with Gasteiger partial charge in [-0.1, -0.05) is 6.08 Å². The molecule has 0 aromatic carbocycles. The van der Waals surface area contributed by atoms with Crippen molar-refractivity contribution in [2.24, 2.45) is 0 Å². The molecular weight excluding hydrogens is 174 g/mol. The lowest BCUT2D eigenvalue weighted by Crippen LogP contribution is -1.87. The number of carboxylic acids is 1. The van der Waals surface area contributed by atoms with Gasteiger partial charge in [0.1, 0.15) is 0 Å². The molecule has 0 bridgehead atoms. The van der Waals surface area contributed by atoms with E-state index in [0.29, 0.717) is 6.42 Å². The first-order valence-corrected chi connectivity index (χ1v) is 4.37. The minimum atomic E-state index is -0.914. The highest BCUT2D eigenvalue weighted by Crippen LogP contribution is 2.09. The van der Waals surface area contributed by atoms with Crippen LogP contribution in [0, 0.1) is 6.92 Å². The van der Waals surface area contributed by atoms with Gasteiger partial charge in [-0.05, 0) is 6.92 Å². The van der Waals surface area contributed by atoms with Crippen molar-refractivity contribution in [2.45, 2.75) is 13.3 Å². The molecule has 0 radical (unpaired) electrons. The highest BCUT2D eigenvalue weighted by Gasteiger charge is 1.95. The highest BCUT2D eigenvalue weighted by atomic mass is 32.1. The Morgan fingerprint density at radius 2 is 2.58 bits per heavy atom. The maximum atomic E-state index is 10.1. The summed E-state index contributed by atoms with van der Waals surface area (Å²) in [6, 6.07) is 0. The van der Waals surface area contributed by atoms with Crippen LogP contribution in [0.3, 0.4) is 0 Å². The second kappa shape index (κ2) is 4.01. The van der Waals surface area contributed by atoms with Crippen LogP contribution < -0.4 is 0 Å². The smallest absolute Gasteiger partial charge is 0.327 e. The lowest BCUT2D eigenvalue weighted by atomic mass is 10.4. The number of carboxylic acid groups (broad SMARTS) is 1. The molecule has 1 N–H and O–H groups in total. The minimum absolute atomic E-state index is 0.602. The number of thiazole rings is 1. The summed E-state index contributed by atoms with van der Waals surface area (Å²) in [4.78, 5) is 14.3. The van der Waals surface area contributed by atoms with Gasteiger partial charge in [-0.2, -0.15) is 0 Å². The third-order valence-corrected chi connectivity index (χ3v) is 2.21. The molecule has 0 aliphatic heterocycles. The average molecular weight is 183 g/mol. The standard InChI is InChI=1S/C8H9NO2S/c1-6-5-12-7(9-6)3-2-4-8(10)11/h2,4-5H,3H2,1H3,(H,10,11)/b4-2+. The molecule has 0 aliphatic rings. The fourth-order valence-electron chi connectivity index (χ4n) is 0.757. The summed E-state index contributed by atoms with van der Waals surface area (Å²) in [6.07, 6.45) is 3.34. The molecular formula is C8H9NO2S. The molecule has 1 heterocycles. The second-order valence-electron chi connectivity index (χ2n) is 2.33. The van der Waals surface area contributed by atoms with E-state index >= 15 is 0 Å². The summed E-state index contributed by atoms with van der Waals surface area (Å²) in [5.74, 6) is -0.914. The maximum absolute atomic E-state index is 10.1.